The summed E-state index contributed by atoms with van der Waals surface area (Å²) in [5.41, 5.74) is 1.01. The quantitative estimate of drug-likeness (QED) is 0.820. The van der Waals surface area contributed by atoms with Gasteiger partial charge in [0.05, 0.1) is 6.54 Å². The molecule has 0 spiro atoms. The summed E-state index contributed by atoms with van der Waals surface area (Å²) in [6.07, 6.45) is 3.12. The third kappa shape index (κ3) is 3.61. The van der Waals surface area contributed by atoms with Crippen molar-refractivity contribution >= 4 is 0 Å². The summed E-state index contributed by atoms with van der Waals surface area (Å²) in [6.45, 7) is -2.35. The SMILES string of the molecule is OCCC(NCc1nccn1C(F)F)c1ccccc1. The minimum absolute atomic E-state index is 0.0237. The maximum Gasteiger partial charge on any atom is 0.319 e. The monoisotopic (exact) mass is 281 g/mol. The van der Waals surface area contributed by atoms with E-state index in [1.54, 1.807) is 0 Å². The molecule has 0 saturated carbocycles. The Hall–Kier alpha value is -1.79. The fraction of sp³-hybridized carbons (Fsp3) is 0.357. The number of imidazole rings is 1. The van der Waals surface area contributed by atoms with Crippen molar-refractivity contribution in [1.29, 1.82) is 0 Å². The van der Waals surface area contributed by atoms with Crippen LogP contribution in [0.25, 0.3) is 0 Å². The first-order valence-corrected chi connectivity index (χ1v) is 6.41. The van der Waals surface area contributed by atoms with Crippen molar-refractivity contribution in [1.82, 2.24) is 14.9 Å². The number of nitrogens with zero attached hydrogens (tertiary/aromatic N) is 2. The number of aromatic nitrogens is 2. The smallest absolute Gasteiger partial charge is 0.319 e. The summed E-state index contributed by atoms with van der Waals surface area (Å²) in [7, 11) is 0. The minimum atomic E-state index is -2.60. The van der Waals surface area contributed by atoms with Crippen LogP contribution in [0.5, 0.6) is 0 Å². The highest BCUT2D eigenvalue weighted by molar-refractivity contribution is 5.18. The van der Waals surface area contributed by atoms with E-state index in [2.05, 4.69) is 10.3 Å². The molecule has 1 aromatic heterocycles. The fourth-order valence-corrected chi connectivity index (χ4v) is 2.07. The highest BCUT2D eigenvalue weighted by Crippen LogP contribution is 2.18. The van der Waals surface area contributed by atoms with Crippen LogP contribution in [0, 0.1) is 0 Å². The number of rotatable bonds is 7. The van der Waals surface area contributed by atoms with Gasteiger partial charge in [-0.1, -0.05) is 30.3 Å². The average Bonchev–Trinajstić information content (AvgIpc) is 2.93. The van der Waals surface area contributed by atoms with Gasteiger partial charge in [0.2, 0.25) is 0 Å². The van der Waals surface area contributed by atoms with Gasteiger partial charge in [0, 0.05) is 25.0 Å². The lowest BCUT2D eigenvalue weighted by atomic mass is 10.0. The van der Waals surface area contributed by atoms with Gasteiger partial charge in [0.25, 0.3) is 0 Å². The van der Waals surface area contributed by atoms with Crippen LogP contribution in [0.1, 0.15) is 30.4 Å². The topological polar surface area (TPSA) is 50.1 Å². The van der Waals surface area contributed by atoms with Gasteiger partial charge >= 0.3 is 6.55 Å². The second kappa shape index (κ2) is 7.12. The van der Waals surface area contributed by atoms with Crippen molar-refractivity contribution < 1.29 is 13.9 Å². The third-order valence-corrected chi connectivity index (χ3v) is 3.09. The van der Waals surface area contributed by atoms with E-state index in [1.807, 2.05) is 30.3 Å². The molecule has 0 aliphatic rings. The molecule has 1 atom stereocenters. The second-order valence-electron chi connectivity index (χ2n) is 4.38. The molecule has 108 valence electrons. The molecule has 1 unspecified atom stereocenters. The van der Waals surface area contributed by atoms with Gasteiger partial charge in [-0.15, -0.1) is 0 Å². The van der Waals surface area contributed by atoms with Crippen LogP contribution in [0.15, 0.2) is 42.7 Å². The molecule has 0 amide bonds. The maximum absolute atomic E-state index is 12.7. The zero-order valence-electron chi connectivity index (χ0n) is 10.9. The minimum Gasteiger partial charge on any atom is -0.396 e. The molecule has 2 N–H and O–H groups in total. The Labute approximate surface area is 116 Å². The summed E-state index contributed by atoms with van der Waals surface area (Å²) < 4.78 is 26.3. The molecule has 2 rings (SSSR count). The Bertz CT molecular complexity index is 516. The van der Waals surface area contributed by atoms with E-state index in [0.29, 0.717) is 6.42 Å². The molecule has 1 heterocycles. The van der Waals surface area contributed by atoms with E-state index < -0.39 is 6.55 Å². The van der Waals surface area contributed by atoms with E-state index >= 15 is 0 Å². The first-order chi connectivity index (χ1) is 9.72. The molecule has 1 aromatic carbocycles. The molecule has 4 nitrogen and oxygen atoms in total. The van der Waals surface area contributed by atoms with Gasteiger partial charge in [0.15, 0.2) is 0 Å². The summed E-state index contributed by atoms with van der Waals surface area (Å²) >= 11 is 0. The largest absolute Gasteiger partial charge is 0.396 e. The van der Waals surface area contributed by atoms with Gasteiger partial charge < -0.3 is 10.4 Å². The van der Waals surface area contributed by atoms with Crippen LogP contribution in [-0.4, -0.2) is 21.3 Å². The standard InChI is InChI=1S/C14H17F2N3O/c15-14(16)19-8-7-17-13(19)10-18-12(6-9-20)11-4-2-1-3-5-11/h1-5,7-8,12,14,18,20H,6,9-10H2. The van der Waals surface area contributed by atoms with E-state index in [4.69, 9.17) is 5.11 Å². The summed E-state index contributed by atoms with van der Waals surface area (Å²) in [5.74, 6) is 0.277. The van der Waals surface area contributed by atoms with Gasteiger partial charge in [0.1, 0.15) is 5.82 Å². The van der Waals surface area contributed by atoms with Gasteiger partial charge in [-0.25, -0.2) is 4.98 Å². The van der Waals surface area contributed by atoms with Crippen LogP contribution >= 0.6 is 0 Å². The Morgan fingerprint density at radius 2 is 2.00 bits per heavy atom. The number of aliphatic hydroxyl groups excluding tert-OH is 1. The molecule has 0 radical (unpaired) electrons. The van der Waals surface area contributed by atoms with E-state index in [9.17, 15) is 8.78 Å². The number of alkyl halides is 2. The number of aliphatic hydroxyl groups is 1. The van der Waals surface area contributed by atoms with Crippen molar-refractivity contribution in [3.63, 3.8) is 0 Å². The molecule has 0 fully saturated rings. The molecule has 6 heteroatoms. The predicted octanol–water partition coefficient (Wildman–Crippen LogP) is 2.49. The van der Waals surface area contributed by atoms with Crippen LogP contribution in [0.3, 0.4) is 0 Å². The number of hydrogen-bond donors (Lipinski definition) is 2. The van der Waals surface area contributed by atoms with E-state index in [-0.39, 0.29) is 25.0 Å². The van der Waals surface area contributed by atoms with Crippen molar-refractivity contribution in [2.45, 2.75) is 25.6 Å². The highest BCUT2D eigenvalue weighted by Gasteiger charge is 2.14. The summed E-state index contributed by atoms with van der Waals surface area (Å²) in [5, 5.41) is 12.3. The molecule has 0 aliphatic heterocycles. The number of nitrogens with one attached hydrogen (secondary N) is 1. The van der Waals surface area contributed by atoms with Crippen molar-refractivity contribution in [2.75, 3.05) is 6.61 Å². The predicted molar refractivity (Wildman–Crippen MR) is 71.2 cm³/mol. The van der Waals surface area contributed by atoms with Crippen LogP contribution in [0.4, 0.5) is 8.78 Å². The summed E-state index contributed by atoms with van der Waals surface area (Å²) in [4.78, 5) is 3.92. The van der Waals surface area contributed by atoms with Crippen molar-refractivity contribution in [3.05, 3.63) is 54.1 Å². The zero-order chi connectivity index (χ0) is 14.4. The van der Waals surface area contributed by atoms with E-state index in [1.165, 1.54) is 12.4 Å². The lowest BCUT2D eigenvalue weighted by Gasteiger charge is -2.18. The zero-order valence-corrected chi connectivity index (χ0v) is 10.9. The van der Waals surface area contributed by atoms with Crippen molar-refractivity contribution in [2.24, 2.45) is 0 Å². The third-order valence-electron chi connectivity index (χ3n) is 3.09. The first-order valence-electron chi connectivity index (χ1n) is 6.41. The van der Waals surface area contributed by atoms with Crippen LogP contribution in [0.2, 0.25) is 0 Å². The Kier molecular flexibility index (Phi) is 5.20. The first kappa shape index (κ1) is 14.6. The van der Waals surface area contributed by atoms with Gasteiger partial charge in [-0.05, 0) is 12.0 Å². The number of halogens is 2. The van der Waals surface area contributed by atoms with Gasteiger partial charge in [-0.3, -0.25) is 4.57 Å². The Balaban J connectivity index is 2.04. The highest BCUT2D eigenvalue weighted by atomic mass is 19.3. The average molecular weight is 281 g/mol. The molecule has 0 bridgehead atoms. The maximum atomic E-state index is 12.7. The molecule has 20 heavy (non-hydrogen) atoms. The normalized spacial score (nSPS) is 12.8. The Morgan fingerprint density at radius 3 is 2.65 bits per heavy atom. The molecular formula is C14H17F2N3O. The van der Waals surface area contributed by atoms with Gasteiger partial charge in [-0.2, -0.15) is 8.78 Å². The summed E-state index contributed by atoms with van der Waals surface area (Å²) in [6, 6.07) is 9.50. The molecular weight excluding hydrogens is 264 g/mol. The molecule has 0 aliphatic carbocycles. The second-order valence-corrected chi connectivity index (χ2v) is 4.38. The van der Waals surface area contributed by atoms with Crippen LogP contribution in [-0.2, 0) is 6.54 Å². The Morgan fingerprint density at radius 1 is 1.25 bits per heavy atom. The van der Waals surface area contributed by atoms with Crippen molar-refractivity contribution in [3.8, 4) is 0 Å². The lowest BCUT2D eigenvalue weighted by molar-refractivity contribution is 0.0664. The van der Waals surface area contributed by atoms with E-state index in [0.717, 1.165) is 10.1 Å². The molecule has 2 aromatic rings. The number of hydrogen-bond acceptors (Lipinski definition) is 3. The van der Waals surface area contributed by atoms with Crippen LogP contribution < -0.4 is 5.32 Å². The number of benzene rings is 1. The fourth-order valence-electron chi connectivity index (χ4n) is 2.07. The molecule has 0 saturated heterocycles. The lowest BCUT2D eigenvalue weighted by Crippen LogP contribution is -2.24.